The average molecular weight is 360 g/mol. The molecule has 1 aliphatic rings. The van der Waals surface area contributed by atoms with E-state index in [1.54, 1.807) is 18.2 Å². The Hall–Kier alpha value is -2.90. The first-order valence-corrected chi connectivity index (χ1v) is 9.39. The number of carbonyl (C=O) groups excluding carboxylic acids is 1. The van der Waals surface area contributed by atoms with Gasteiger partial charge >= 0.3 is 0 Å². The SMILES string of the molecule is CCCc1ccc(C(=O)/C(C#N)=C\c2ccc(N3CCOCC3)cc2)cc1. The number of Topliss-reactive ketones (excluding diaryl/α,β-unsaturated/α-hetero) is 1. The fraction of sp³-hybridized carbons (Fsp3) is 0.304. The normalized spacial score (nSPS) is 14.7. The van der Waals surface area contributed by atoms with Crippen LogP contribution in [-0.4, -0.2) is 32.1 Å². The predicted octanol–water partition coefficient (Wildman–Crippen LogP) is 4.27. The van der Waals surface area contributed by atoms with Crippen molar-refractivity contribution in [3.05, 3.63) is 70.8 Å². The molecule has 2 aromatic rings. The summed E-state index contributed by atoms with van der Waals surface area (Å²) in [5, 5.41) is 9.46. The molecule has 1 fully saturated rings. The van der Waals surface area contributed by atoms with E-state index in [1.807, 2.05) is 36.4 Å². The zero-order valence-electron chi connectivity index (χ0n) is 15.6. The lowest BCUT2D eigenvalue weighted by atomic mass is 10.00. The Kier molecular flexibility index (Phi) is 6.40. The molecule has 0 aliphatic carbocycles. The zero-order chi connectivity index (χ0) is 19.1. The Morgan fingerprint density at radius 3 is 2.37 bits per heavy atom. The number of nitriles is 1. The Balaban J connectivity index is 1.75. The van der Waals surface area contributed by atoms with E-state index in [-0.39, 0.29) is 11.4 Å². The maximum absolute atomic E-state index is 12.7. The van der Waals surface area contributed by atoms with Crippen LogP contribution in [0.5, 0.6) is 0 Å². The van der Waals surface area contributed by atoms with Crippen molar-refractivity contribution in [2.24, 2.45) is 0 Å². The Morgan fingerprint density at radius 2 is 1.78 bits per heavy atom. The highest BCUT2D eigenvalue weighted by atomic mass is 16.5. The first kappa shape index (κ1) is 18.9. The Bertz CT molecular complexity index is 839. The van der Waals surface area contributed by atoms with Crippen LogP contribution >= 0.6 is 0 Å². The van der Waals surface area contributed by atoms with Gasteiger partial charge in [-0.15, -0.1) is 0 Å². The second-order valence-corrected chi connectivity index (χ2v) is 6.64. The van der Waals surface area contributed by atoms with E-state index in [9.17, 15) is 10.1 Å². The van der Waals surface area contributed by atoms with E-state index in [2.05, 4.69) is 17.9 Å². The molecule has 3 rings (SSSR count). The van der Waals surface area contributed by atoms with Crippen molar-refractivity contribution in [3.8, 4) is 6.07 Å². The maximum atomic E-state index is 12.7. The van der Waals surface area contributed by atoms with Crippen molar-refractivity contribution < 1.29 is 9.53 Å². The molecule has 4 nitrogen and oxygen atoms in total. The second-order valence-electron chi connectivity index (χ2n) is 6.64. The van der Waals surface area contributed by atoms with E-state index in [4.69, 9.17) is 4.74 Å². The number of hydrogen-bond acceptors (Lipinski definition) is 4. The highest BCUT2D eigenvalue weighted by molar-refractivity contribution is 6.14. The summed E-state index contributed by atoms with van der Waals surface area (Å²) < 4.78 is 5.38. The molecule has 1 heterocycles. The Labute approximate surface area is 160 Å². The van der Waals surface area contributed by atoms with E-state index in [0.717, 1.165) is 50.4 Å². The zero-order valence-corrected chi connectivity index (χ0v) is 15.6. The highest BCUT2D eigenvalue weighted by Gasteiger charge is 2.13. The van der Waals surface area contributed by atoms with Crippen LogP contribution in [0.4, 0.5) is 5.69 Å². The largest absolute Gasteiger partial charge is 0.378 e. The fourth-order valence-corrected chi connectivity index (χ4v) is 3.19. The number of ketones is 1. The molecule has 0 radical (unpaired) electrons. The fourth-order valence-electron chi connectivity index (χ4n) is 3.19. The summed E-state index contributed by atoms with van der Waals surface area (Å²) >= 11 is 0. The number of benzene rings is 2. The van der Waals surface area contributed by atoms with E-state index >= 15 is 0 Å². The molecule has 0 N–H and O–H groups in total. The number of hydrogen-bond donors (Lipinski definition) is 0. The number of ether oxygens (including phenoxy) is 1. The third-order valence-corrected chi connectivity index (χ3v) is 4.70. The molecule has 0 atom stereocenters. The minimum Gasteiger partial charge on any atom is -0.378 e. The van der Waals surface area contributed by atoms with Gasteiger partial charge in [0.2, 0.25) is 5.78 Å². The van der Waals surface area contributed by atoms with E-state index in [1.165, 1.54) is 5.56 Å². The molecule has 1 aliphatic heterocycles. The highest BCUT2D eigenvalue weighted by Crippen LogP contribution is 2.19. The quantitative estimate of drug-likeness (QED) is 0.439. The summed E-state index contributed by atoms with van der Waals surface area (Å²) in [6.07, 6.45) is 3.72. The summed E-state index contributed by atoms with van der Waals surface area (Å²) in [5.74, 6) is -0.238. The topological polar surface area (TPSA) is 53.3 Å². The van der Waals surface area contributed by atoms with Crippen LogP contribution in [0.15, 0.2) is 54.1 Å². The molecular weight excluding hydrogens is 336 g/mol. The first-order chi connectivity index (χ1) is 13.2. The van der Waals surface area contributed by atoms with E-state index in [0.29, 0.717) is 5.56 Å². The number of anilines is 1. The summed E-state index contributed by atoms with van der Waals surface area (Å²) in [4.78, 5) is 14.9. The molecule has 27 heavy (non-hydrogen) atoms. The number of allylic oxidation sites excluding steroid dienone is 1. The molecule has 138 valence electrons. The lowest BCUT2D eigenvalue weighted by Gasteiger charge is -2.28. The Morgan fingerprint density at radius 1 is 1.11 bits per heavy atom. The summed E-state index contributed by atoms with van der Waals surface area (Å²) in [6.45, 7) is 5.37. The van der Waals surface area contributed by atoms with Crippen molar-refractivity contribution in [3.63, 3.8) is 0 Å². The van der Waals surface area contributed by atoms with Crippen molar-refractivity contribution in [2.45, 2.75) is 19.8 Å². The minimum absolute atomic E-state index is 0.150. The van der Waals surface area contributed by atoms with Gasteiger partial charge in [-0.3, -0.25) is 4.79 Å². The van der Waals surface area contributed by atoms with Crippen LogP contribution in [0.2, 0.25) is 0 Å². The van der Waals surface area contributed by atoms with Gasteiger partial charge in [-0.1, -0.05) is 49.7 Å². The van der Waals surface area contributed by atoms with Gasteiger partial charge in [0.1, 0.15) is 11.6 Å². The number of carbonyl (C=O) groups is 1. The molecule has 0 spiro atoms. The molecule has 1 saturated heterocycles. The van der Waals surface area contributed by atoms with Crippen LogP contribution in [0.1, 0.15) is 34.8 Å². The van der Waals surface area contributed by atoms with Crippen molar-refractivity contribution in [1.29, 1.82) is 5.26 Å². The lowest BCUT2D eigenvalue weighted by molar-refractivity contribution is 0.104. The maximum Gasteiger partial charge on any atom is 0.203 e. The van der Waals surface area contributed by atoms with Crippen molar-refractivity contribution >= 4 is 17.5 Å². The number of rotatable bonds is 6. The van der Waals surface area contributed by atoms with Crippen LogP contribution in [0.3, 0.4) is 0 Å². The summed E-state index contributed by atoms with van der Waals surface area (Å²) in [7, 11) is 0. The van der Waals surface area contributed by atoms with E-state index < -0.39 is 0 Å². The van der Waals surface area contributed by atoms with Gasteiger partial charge in [-0.2, -0.15) is 5.26 Å². The molecule has 0 amide bonds. The molecular formula is C23H24N2O2. The summed E-state index contributed by atoms with van der Waals surface area (Å²) in [5.41, 5.74) is 3.88. The number of morpholine rings is 1. The van der Waals surface area contributed by atoms with Gasteiger partial charge in [-0.25, -0.2) is 0 Å². The van der Waals surface area contributed by atoms with Gasteiger partial charge in [-0.05, 0) is 35.8 Å². The smallest absolute Gasteiger partial charge is 0.203 e. The number of nitrogens with zero attached hydrogens (tertiary/aromatic N) is 2. The second kappa shape index (κ2) is 9.16. The molecule has 0 saturated carbocycles. The van der Waals surface area contributed by atoms with Crippen LogP contribution < -0.4 is 4.90 Å². The van der Waals surface area contributed by atoms with Crippen LogP contribution in [0, 0.1) is 11.3 Å². The standard InChI is InChI=1S/C23H24N2O2/c1-2-3-18-4-8-20(9-5-18)23(26)21(17-24)16-19-6-10-22(11-7-19)25-12-14-27-15-13-25/h4-11,16H,2-3,12-15H2,1H3/b21-16-. The summed E-state index contributed by atoms with van der Waals surface area (Å²) in [6, 6.07) is 17.5. The van der Waals surface area contributed by atoms with Gasteiger partial charge in [0, 0.05) is 24.3 Å². The van der Waals surface area contributed by atoms with Crippen molar-refractivity contribution in [1.82, 2.24) is 0 Å². The molecule has 2 aromatic carbocycles. The monoisotopic (exact) mass is 360 g/mol. The molecule has 0 aromatic heterocycles. The molecule has 0 unspecified atom stereocenters. The lowest BCUT2D eigenvalue weighted by Crippen LogP contribution is -2.36. The third-order valence-electron chi connectivity index (χ3n) is 4.70. The minimum atomic E-state index is -0.238. The molecule has 0 bridgehead atoms. The van der Waals surface area contributed by atoms with Crippen LogP contribution in [-0.2, 0) is 11.2 Å². The van der Waals surface area contributed by atoms with Gasteiger partial charge in [0.15, 0.2) is 0 Å². The average Bonchev–Trinajstić information content (AvgIpc) is 2.73. The molecule has 4 heteroatoms. The van der Waals surface area contributed by atoms with Crippen LogP contribution in [0.25, 0.3) is 6.08 Å². The van der Waals surface area contributed by atoms with Gasteiger partial charge < -0.3 is 9.64 Å². The first-order valence-electron chi connectivity index (χ1n) is 9.39. The van der Waals surface area contributed by atoms with Crippen molar-refractivity contribution in [2.75, 3.05) is 31.2 Å². The third kappa shape index (κ3) is 4.84. The van der Waals surface area contributed by atoms with Gasteiger partial charge in [0.25, 0.3) is 0 Å². The number of aryl methyl sites for hydroxylation is 1. The predicted molar refractivity (Wildman–Crippen MR) is 108 cm³/mol. The van der Waals surface area contributed by atoms with Gasteiger partial charge in [0.05, 0.1) is 13.2 Å².